The van der Waals surface area contributed by atoms with Crippen LogP contribution in [0.4, 0.5) is 0 Å². The van der Waals surface area contributed by atoms with E-state index in [2.05, 4.69) is 36.1 Å². The van der Waals surface area contributed by atoms with Crippen LogP contribution in [-0.4, -0.2) is 27.5 Å². The van der Waals surface area contributed by atoms with Crippen molar-refractivity contribution in [3.63, 3.8) is 0 Å². The van der Waals surface area contributed by atoms with Gasteiger partial charge in [-0.15, -0.1) is 0 Å². The normalized spacial score (nSPS) is 17.4. The molecule has 1 heterocycles. The monoisotopic (exact) mass is 303 g/mol. The molecule has 1 saturated carbocycles. The molecule has 0 bridgehead atoms. The first-order valence-corrected chi connectivity index (χ1v) is 8.42. The van der Waals surface area contributed by atoms with Crippen LogP contribution in [0.3, 0.4) is 0 Å². The summed E-state index contributed by atoms with van der Waals surface area (Å²) in [6.07, 6.45) is 13.1. The molecule has 0 aliphatic heterocycles. The Morgan fingerprint density at radius 2 is 2.32 bits per heavy atom. The second-order valence-corrected chi connectivity index (χ2v) is 6.28. The van der Waals surface area contributed by atoms with Gasteiger partial charge in [0, 0.05) is 30.4 Å². The molecule has 4 heteroatoms. The van der Waals surface area contributed by atoms with E-state index in [1.54, 1.807) is 0 Å². The number of hydrogen-bond donors (Lipinski definition) is 2. The van der Waals surface area contributed by atoms with Crippen molar-refractivity contribution >= 4 is 6.08 Å². The Labute approximate surface area is 133 Å². The van der Waals surface area contributed by atoms with E-state index in [1.165, 1.54) is 24.8 Å². The van der Waals surface area contributed by atoms with Crippen molar-refractivity contribution in [1.29, 1.82) is 0 Å². The number of unbranched alkanes of at least 4 members (excludes halogenated alkanes) is 1. The fraction of sp³-hybridized carbons (Fsp3) is 0.611. The van der Waals surface area contributed by atoms with E-state index >= 15 is 0 Å². The van der Waals surface area contributed by atoms with Gasteiger partial charge >= 0.3 is 0 Å². The SMILES string of the molecule is CCCCn1cc(/C=C\C=C(/C)CO)c(C(C)NC2CC2)n1. The van der Waals surface area contributed by atoms with E-state index in [9.17, 15) is 0 Å². The maximum absolute atomic E-state index is 9.05. The first kappa shape index (κ1) is 17.0. The third-order valence-electron chi connectivity index (χ3n) is 3.94. The minimum Gasteiger partial charge on any atom is -0.392 e. The average molecular weight is 303 g/mol. The standard InChI is InChI=1S/C18H29N3O/c1-4-5-11-21-12-16(8-6-7-14(2)13-22)18(20-21)15(3)19-17-9-10-17/h6-8,12,15,17,19,22H,4-5,9-11,13H2,1-3H3/b8-6-,14-7+. The molecule has 22 heavy (non-hydrogen) atoms. The Morgan fingerprint density at radius 3 is 2.95 bits per heavy atom. The summed E-state index contributed by atoms with van der Waals surface area (Å²) in [4.78, 5) is 0. The largest absolute Gasteiger partial charge is 0.392 e. The maximum atomic E-state index is 9.05. The number of hydrogen-bond acceptors (Lipinski definition) is 3. The summed E-state index contributed by atoms with van der Waals surface area (Å²) >= 11 is 0. The van der Waals surface area contributed by atoms with Crippen molar-refractivity contribution in [3.05, 3.63) is 35.2 Å². The molecule has 1 unspecified atom stereocenters. The zero-order valence-electron chi connectivity index (χ0n) is 14.0. The fourth-order valence-corrected chi connectivity index (χ4v) is 2.40. The van der Waals surface area contributed by atoms with E-state index in [-0.39, 0.29) is 12.6 Å². The summed E-state index contributed by atoms with van der Waals surface area (Å²) in [5.41, 5.74) is 3.24. The molecule has 1 atom stereocenters. The highest BCUT2D eigenvalue weighted by Crippen LogP contribution is 2.25. The van der Waals surface area contributed by atoms with Gasteiger partial charge in [0.05, 0.1) is 12.3 Å². The minimum absolute atomic E-state index is 0.104. The minimum atomic E-state index is 0.104. The number of aliphatic hydroxyl groups excluding tert-OH is 1. The number of nitrogens with one attached hydrogen (secondary N) is 1. The second-order valence-electron chi connectivity index (χ2n) is 6.28. The third-order valence-corrected chi connectivity index (χ3v) is 3.94. The maximum Gasteiger partial charge on any atom is 0.0863 e. The molecule has 1 aromatic rings. The number of aryl methyl sites for hydroxylation is 1. The van der Waals surface area contributed by atoms with E-state index in [4.69, 9.17) is 10.2 Å². The van der Waals surface area contributed by atoms with Crippen LogP contribution in [0, 0.1) is 0 Å². The molecule has 2 rings (SSSR count). The summed E-state index contributed by atoms with van der Waals surface area (Å²) in [7, 11) is 0. The van der Waals surface area contributed by atoms with Gasteiger partial charge in [-0.3, -0.25) is 4.68 Å². The molecule has 1 fully saturated rings. The van der Waals surface area contributed by atoms with Gasteiger partial charge in [-0.1, -0.05) is 31.6 Å². The average Bonchev–Trinajstić information content (AvgIpc) is 3.23. The van der Waals surface area contributed by atoms with Crippen LogP contribution in [0.2, 0.25) is 0 Å². The first-order chi connectivity index (χ1) is 10.6. The van der Waals surface area contributed by atoms with Gasteiger partial charge in [-0.2, -0.15) is 5.10 Å². The highest BCUT2D eigenvalue weighted by molar-refractivity contribution is 5.53. The Balaban J connectivity index is 2.14. The van der Waals surface area contributed by atoms with Crippen LogP contribution < -0.4 is 5.32 Å². The van der Waals surface area contributed by atoms with E-state index < -0.39 is 0 Å². The topological polar surface area (TPSA) is 50.1 Å². The number of nitrogens with zero attached hydrogens (tertiary/aromatic N) is 2. The quantitative estimate of drug-likeness (QED) is 0.687. The Kier molecular flexibility index (Phi) is 6.40. The van der Waals surface area contributed by atoms with Crippen molar-refractivity contribution < 1.29 is 5.11 Å². The molecule has 0 saturated heterocycles. The number of aromatic nitrogens is 2. The van der Waals surface area contributed by atoms with Gasteiger partial charge in [0.2, 0.25) is 0 Å². The summed E-state index contributed by atoms with van der Waals surface area (Å²) in [6.45, 7) is 7.39. The van der Waals surface area contributed by atoms with Gasteiger partial charge in [-0.05, 0) is 38.7 Å². The van der Waals surface area contributed by atoms with Crippen LogP contribution in [-0.2, 0) is 6.54 Å². The van der Waals surface area contributed by atoms with Gasteiger partial charge in [-0.25, -0.2) is 0 Å². The highest BCUT2D eigenvalue weighted by Gasteiger charge is 2.25. The van der Waals surface area contributed by atoms with Crippen molar-refractivity contribution in [2.45, 2.75) is 65.1 Å². The van der Waals surface area contributed by atoms with Crippen LogP contribution >= 0.6 is 0 Å². The first-order valence-electron chi connectivity index (χ1n) is 8.42. The lowest BCUT2D eigenvalue weighted by Crippen LogP contribution is -2.21. The zero-order chi connectivity index (χ0) is 15.9. The van der Waals surface area contributed by atoms with E-state index in [0.717, 1.165) is 24.2 Å². The second kappa shape index (κ2) is 8.30. The van der Waals surface area contributed by atoms with Crippen molar-refractivity contribution in [2.24, 2.45) is 0 Å². The molecule has 0 amide bonds. The van der Waals surface area contributed by atoms with Crippen LogP contribution in [0.5, 0.6) is 0 Å². The van der Waals surface area contributed by atoms with Crippen LogP contribution in [0.1, 0.15) is 63.8 Å². The predicted octanol–water partition coefficient (Wildman–Crippen LogP) is 3.45. The molecule has 1 aromatic heterocycles. The van der Waals surface area contributed by atoms with Gasteiger partial charge in [0.25, 0.3) is 0 Å². The van der Waals surface area contributed by atoms with Crippen molar-refractivity contribution in [1.82, 2.24) is 15.1 Å². The third kappa shape index (κ3) is 5.11. The fourth-order valence-electron chi connectivity index (χ4n) is 2.40. The highest BCUT2D eigenvalue weighted by atomic mass is 16.3. The summed E-state index contributed by atoms with van der Waals surface area (Å²) < 4.78 is 2.06. The predicted molar refractivity (Wildman–Crippen MR) is 91.6 cm³/mol. The Hall–Kier alpha value is -1.39. The Morgan fingerprint density at radius 1 is 1.55 bits per heavy atom. The van der Waals surface area contributed by atoms with Crippen molar-refractivity contribution in [3.8, 4) is 0 Å². The molecule has 4 nitrogen and oxygen atoms in total. The number of rotatable bonds is 9. The van der Waals surface area contributed by atoms with Crippen LogP contribution in [0.15, 0.2) is 23.9 Å². The zero-order valence-corrected chi connectivity index (χ0v) is 14.0. The van der Waals surface area contributed by atoms with Gasteiger partial charge in [0.1, 0.15) is 0 Å². The summed E-state index contributed by atoms with van der Waals surface area (Å²) in [6, 6.07) is 0.946. The molecule has 122 valence electrons. The number of allylic oxidation sites excluding steroid dienone is 2. The molecule has 1 aliphatic carbocycles. The molecule has 2 N–H and O–H groups in total. The van der Waals surface area contributed by atoms with E-state index in [0.29, 0.717) is 6.04 Å². The molecule has 1 aliphatic rings. The van der Waals surface area contributed by atoms with E-state index in [1.807, 2.05) is 19.1 Å². The van der Waals surface area contributed by atoms with Crippen molar-refractivity contribution in [2.75, 3.05) is 6.61 Å². The number of aliphatic hydroxyl groups is 1. The summed E-state index contributed by atoms with van der Waals surface area (Å²) in [5, 5.41) is 17.5. The van der Waals surface area contributed by atoms with Gasteiger partial charge < -0.3 is 10.4 Å². The molecular weight excluding hydrogens is 274 g/mol. The molecular formula is C18H29N3O. The van der Waals surface area contributed by atoms with Gasteiger partial charge in [0.15, 0.2) is 0 Å². The lowest BCUT2D eigenvalue weighted by atomic mass is 10.1. The molecule has 0 spiro atoms. The lowest BCUT2D eigenvalue weighted by Gasteiger charge is -2.11. The smallest absolute Gasteiger partial charge is 0.0863 e. The summed E-state index contributed by atoms with van der Waals surface area (Å²) in [5.74, 6) is 0. The molecule has 0 aromatic carbocycles. The Bertz CT molecular complexity index is 526. The molecule has 0 radical (unpaired) electrons. The van der Waals surface area contributed by atoms with Crippen LogP contribution in [0.25, 0.3) is 6.08 Å². The lowest BCUT2D eigenvalue weighted by molar-refractivity contribution is 0.331.